The van der Waals surface area contributed by atoms with Gasteiger partial charge in [-0.15, -0.1) is 0 Å². The highest BCUT2D eigenvalue weighted by Crippen LogP contribution is 2.15. The van der Waals surface area contributed by atoms with Crippen LogP contribution in [0.2, 0.25) is 0 Å². The van der Waals surface area contributed by atoms with Crippen molar-refractivity contribution < 1.29 is 9.59 Å². The number of H-pyrrole nitrogens is 1. The van der Waals surface area contributed by atoms with Crippen molar-refractivity contribution in [2.45, 2.75) is 13.8 Å². The van der Waals surface area contributed by atoms with Crippen LogP contribution in [0.5, 0.6) is 0 Å². The van der Waals surface area contributed by atoms with Crippen LogP contribution in [0.4, 0.5) is 17.2 Å². The number of hydrogen-bond donors (Lipinski definition) is 4. The van der Waals surface area contributed by atoms with Gasteiger partial charge in [-0.1, -0.05) is 13.8 Å². The molecule has 2 amide bonds. The zero-order chi connectivity index (χ0) is 15.4. The van der Waals surface area contributed by atoms with E-state index in [1.165, 1.54) is 6.07 Å². The highest BCUT2D eigenvalue weighted by Gasteiger charge is 2.10. The van der Waals surface area contributed by atoms with Crippen molar-refractivity contribution in [3.63, 3.8) is 0 Å². The van der Waals surface area contributed by atoms with Gasteiger partial charge in [-0.2, -0.15) is 5.10 Å². The van der Waals surface area contributed by atoms with Crippen molar-refractivity contribution in [3.8, 4) is 0 Å². The first-order valence-corrected chi connectivity index (χ1v) is 6.49. The molecule has 2 rings (SSSR count). The molecular weight excluding hydrogens is 270 g/mol. The van der Waals surface area contributed by atoms with E-state index in [2.05, 4.69) is 20.8 Å². The number of carbonyl (C=O) groups excluding carboxylic acids is 2. The van der Waals surface area contributed by atoms with Gasteiger partial charge in [-0.3, -0.25) is 14.7 Å². The molecule has 0 bridgehead atoms. The van der Waals surface area contributed by atoms with Crippen molar-refractivity contribution >= 4 is 29.0 Å². The second kappa shape index (κ2) is 6.08. The van der Waals surface area contributed by atoms with Crippen LogP contribution >= 0.6 is 0 Å². The molecule has 2 aromatic rings. The van der Waals surface area contributed by atoms with Crippen LogP contribution in [0.1, 0.15) is 24.3 Å². The quantitative estimate of drug-likeness (QED) is 0.687. The number of benzene rings is 1. The van der Waals surface area contributed by atoms with E-state index in [4.69, 9.17) is 5.73 Å². The highest BCUT2D eigenvalue weighted by molar-refractivity contribution is 6.03. The van der Waals surface area contributed by atoms with Gasteiger partial charge in [0.05, 0.1) is 0 Å². The Morgan fingerprint density at radius 3 is 2.19 bits per heavy atom. The molecule has 0 aliphatic carbocycles. The summed E-state index contributed by atoms with van der Waals surface area (Å²) < 4.78 is 0. The number of carbonyl (C=O) groups is 2. The van der Waals surface area contributed by atoms with Gasteiger partial charge in [-0.05, 0) is 24.3 Å². The molecule has 0 saturated carbocycles. The molecule has 1 aromatic heterocycles. The Hall–Kier alpha value is -2.83. The Balaban J connectivity index is 1.99. The average molecular weight is 287 g/mol. The number of aromatic nitrogens is 2. The molecule has 1 heterocycles. The van der Waals surface area contributed by atoms with Crippen molar-refractivity contribution in [1.82, 2.24) is 10.2 Å². The van der Waals surface area contributed by atoms with Gasteiger partial charge in [0.2, 0.25) is 5.91 Å². The number of rotatable bonds is 4. The fourth-order valence-corrected chi connectivity index (χ4v) is 1.58. The fraction of sp³-hybridized carbons (Fsp3) is 0.214. The second-order valence-electron chi connectivity index (χ2n) is 4.88. The van der Waals surface area contributed by atoms with Crippen molar-refractivity contribution in [3.05, 3.63) is 36.0 Å². The molecule has 110 valence electrons. The zero-order valence-electron chi connectivity index (χ0n) is 11.8. The molecule has 0 aliphatic rings. The van der Waals surface area contributed by atoms with E-state index in [-0.39, 0.29) is 29.2 Å². The lowest BCUT2D eigenvalue weighted by Gasteiger charge is -2.09. The summed E-state index contributed by atoms with van der Waals surface area (Å²) >= 11 is 0. The molecule has 0 atom stereocenters. The third-order valence-corrected chi connectivity index (χ3v) is 2.78. The maximum atomic E-state index is 11.9. The smallest absolute Gasteiger partial charge is 0.273 e. The summed E-state index contributed by atoms with van der Waals surface area (Å²) in [5.41, 5.74) is 7.01. The third-order valence-electron chi connectivity index (χ3n) is 2.78. The molecule has 1 aromatic carbocycles. The lowest BCUT2D eigenvalue weighted by molar-refractivity contribution is -0.118. The van der Waals surface area contributed by atoms with Gasteiger partial charge in [0, 0.05) is 23.4 Å². The summed E-state index contributed by atoms with van der Waals surface area (Å²) in [4.78, 5) is 23.4. The van der Waals surface area contributed by atoms with Crippen LogP contribution in [0.25, 0.3) is 0 Å². The molecule has 0 aliphatic heterocycles. The van der Waals surface area contributed by atoms with Crippen molar-refractivity contribution in [2.24, 2.45) is 5.92 Å². The minimum atomic E-state index is -0.335. The van der Waals surface area contributed by atoms with Crippen LogP contribution in [-0.2, 0) is 4.79 Å². The third kappa shape index (κ3) is 3.82. The minimum absolute atomic E-state index is 0.0558. The summed E-state index contributed by atoms with van der Waals surface area (Å²) in [7, 11) is 0. The predicted molar refractivity (Wildman–Crippen MR) is 80.9 cm³/mol. The Kier molecular flexibility index (Phi) is 4.22. The van der Waals surface area contributed by atoms with Crippen molar-refractivity contribution in [2.75, 3.05) is 16.4 Å². The number of nitrogens with one attached hydrogen (secondary N) is 3. The molecule has 7 heteroatoms. The number of nitrogens with zero attached hydrogens (tertiary/aromatic N) is 1. The fourth-order valence-electron chi connectivity index (χ4n) is 1.58. The molecule has 0 saturated heterocycles. The standard InChI is InChI=1S/C14H17N5O2/c1-8(2)13(20)16-9-3-5-10(6-4-9)17-14(21)11-7-12(15)19-18-11/h3-8H,1-2H3,(H,16,20)(H,17,21)(H3,15,18,19). The van der Waals surface area contributed by atoms with E-state index in [1.54, 1.807) is 24.3 Å². The first-order valence-electron chi connectivity index (χ1n) is 6.49. The van der Waals surface area contributed by atoms with Crippen LogP contribution < -0.4 is 16.4 Å². The lowest BCUT2D eigenvalue weighted by Crippen LogP contribution is -2.17. The monoisotopic (exact) mass is 287 g/mol. The molecule has 0 fully saturated rings. The maximum Gasteiger partial charge on any atom is 0.273 e. The van der Waals surface area contributed by atoms with Crippen molar-refractivity contribution in [1.29, 1.82) is 0 Å². The molecule has 0 unspecified atom stereocenters. The summed E-state index contributed by atoms with van der Waals surface area (Å²) in [6.07, 6.45) is 0. The highest BCUT2D eigenvalue weighted by atomic mass is 16.2. The Labute approximate surface area is 121 Å². The van der Waals surface area contributed by atoms with Gasteiger partial charge in [0.25, 0.3) is 5.91 Å². The van der Waals surface area contributed by atoms with E-state index in [1.807, 2.05) is 13.8 Å². The molecule has 5 N–H and O–H groups in total. The Morgan fingerprint density at radius 2 is 1.71 bits per heavy atom. The summed E-state index contributed by atoms with van der Waals surface area (Å²) in [6.45, 7) is 3.64. The van der Waals surface area contributed by atoms with Crippen LogP contribution in [0, 0.1) is 5.92 Å². The number of nitrogens with two attached hydrogens (primary N) is 1. The lowest BCUT2D eigenvalue weighted by atomic mass is 10.2. The van der Waals surface area contributed by atoms with Gasteiger partial charge in [-0.25, -0.2) is 0 Å². The van der Waals surface area contributed by atoms with E-state index in [0.29, 0.717) is 11.4 Å². The average Bonchev–Trinajstić information content (AvgIpc) is 2.87. The summed E-state index contributed by atoms with van der Waals surface area (Å²) in [5, 5.41) is 11.7. The van der Waals surface area contributed by atoms with Crippen LogP contribution in [0.15, 0.2) is 30.3 Å². The molecule has 7 nitrogen and oxygen atoms in total. The molecule has 0 radical (unpaired) electrons. The molecule has 0 spiro atoms. The van der Waals surface area contributed by atoms with E-state index in [9.17, 15) is 9.59 Å². The van der Waals surface area contributed by atoms with E-state index >= 15 is 0 Å². The SMILES string of the molecule is CC(C)C(=O)Nc1ccc(NC(=O)c2cc(N)n[nH]2)cc1. The number of aromatic amines is 1. The largest absolute Gasteiger partial charge is 0.382 e. The number of amides is 2. The van der Waals surface area contributed by atoms with Gasteiger partial charge < -0.3 is 16.4 Å². The number of anilines is 3. The molecular formula is C14H17N5O2. The normalized spacial score (nSPS) is 10.4. The van der Waals surface area contributed by atoms with Crippen LogP contribution in [-0.4, -0.2) is 22.0 Å². The first kappa shape index (κ1) is 14.6. The Bertz CT molecular complexity index is 646. The topological polar surface area (TPSA) is 113 Å². The maximum absolute atomic E-state index is 11.9. The predicted octanol–water partition coefficient (Wildman–Crippen LogP) is 1.84. The second-order valence-corrected chi connectivity index (χ2v) is 4.88. The van der Waals surface area contributed by atoms with Crippen LogP contribution in [0.3, 0.4) is 0 Å². The first-order chi connectivity index (χ1) is 9.95. The summed E-state index contributed by atoms with van der Waals surface area (Å²) in [5.74, 6) is -0.222. The number of hydrogen-bond acceptors (Lipinski definition) is 4. The zero-order valence-corrected chi connectivity index (χ0v) is 11.8. The number of nitrogen functional groups attached to an aromatic ring is 1. The Morgan fingerprint density at radius 1 is 1.14 bits per heavy atom. The minimum Gasteiger partial charge on any atom is -0.382 e. The van der Waals surface area contributed by atoms with Gasteiger partial charge in [0.15, 0.2) is 0 Å². The van der Waals surface area contributed by atoms with E-state index < -0.39 is 0 Å². The van der Waals surface area contributed by atoms with Gasteiger partial charge >= 0.3 is 0 Å². The molecule has 21 heavy (non-hydrogen) atoms. The van der Waals surface area contributed by atoms with E-state index in [0.717, 1.165) is 0 Å². The van der Waals surface area contributed by atoms with Gasteiger partial charge in [0.1, 0.15) is 11.5 Å². The summed E-state index contributed by atoms with van der Waals surface area (Å²) in [6, 6.07) is 8.29.